The summed E-state index contributed by atoms with van der Waals surface area (Å²) in [5.74, 6) is 0.154. The number of nitrogens with two attached hydrogens (primary N) is 1. The predicted octanol–water partition coefficient (Wildman–Crippen LogP) is 2.28. The van der Waals surface area contributed by atoms with Crippen molar-refractivity contribution in [2.45, 2.75) is 18.9 Å². The molecule has 3 N–H and O–H groups in total. The van der Waals surface area contributed by atoms with E-state index in [1.807, 2.05) is 0 Å². The molecule has 0 bridgehead atoms. The van der Waals surface area contributed by atoms with Crippen molar-refractivity contribution in [1.82, 2.24) is 5.32 Å². The Hall–Kier alpha value is -1.21. The summed E-state index contributed by atoms with van der Waals surface area (Å²) < 4.78 is 16.0. The Morgan fingerprint density at radius 1 is 1.52 bits per heavy atom. The number of anilines is 1. The fourth-order valence-corrected chi connectivity index (χ4v) is 2.34. The molecule has 130 valence electrons. The Bertz CT molecular complexity index is 522. The summed E-state index contributed by atoms with van der Waals surface area (Å²) >= 11 is 5.95. The van der Waals surface area contributed by atoms with Crippen molar-refractivity contribution in [2.24, 2.45) is 0 Å². The molecule has 2 rings (SSSR count). The molecule has 0 aromatic heterocycles. The van der Waals surface area contributed by atoms with Crippen molar-refractivity contribution in [3.63, 3.8) is 0 Å². The predicted molar refractivity (Wildman–Crippen MR) is 91.8 cm³/mol. The molecule has 1 aromatic carbocycles. The molecule has 1 saturated heterocycles. The summed E-state index contributed by atoms with van der Waals surface area (Å²) in [5.41, 5.74) is 6.44. The molecular formula is C15H22Cl2N2O4. The number of hydrogen-bond donors (Lipinski definition) is 2. The number of ether oxygens (including phenoxy) is 3. The number of methoxy groups -OCH3 is 1. The van der Waals surface area contributed by atoms with Crippen LogP contribution >= 0.6 is 24.0 Å². The van der Waals surface area contributed by atoms with Gasteiger partial charge >= 0.3 is 0 Å². The summed E-state index contributed by atoms with van der Waals surface area (Å²) in [6, 6.07) is 3.05. The van der Waals surface area contributed by atoms with Crippen molar-refractivity contribution in [3.8, 4) is 5.75 Å². The van der Waals surface area contributed by atoms with Gasteiger partial charge in [0.15, 0.2) is 0 Å². The summed E-state index contributed by atoms with van der Waals surface area (Å²) in [7, 11) is 1.48. The minimum absolute atomic E-state index is 0. The second-order valence-electron chi connectivity index (χ2n) is 5.04. The van der Waals surface area contributed by atoms with Crippen LogP contribution in [-0.4, -0.2) is 45.5 Å². The highest BCUT2D eigenvalue weighted by Gasteiger charge is 2.16. The number of carbonyl (C=O) groups is 1. The molecular weight excluding hydrogens is 343 g/mol. The Kier molecular flexibility index (Phi) is 8.47. The van der Waals surface area contributed by atoms with Gasteiger partial charge in [0.25, 0.3) is 5.91 Å². The average molecular weight is 365 g/mol. The molecule has 1 aliphatic heterocycles. The van der Waals surface area contributed by atoms with Crippen molar-refractivity contribution >= 4 is 35.6 Å². The molecule has 1 fully saturated rings. The van der Waals surface area contributed by atoms with Gasteiger partial charge in [0.2, 0.25) is 0 Å². The number of benzene rings is 1. The van der Waals surface area contributed by atoms with E-state index in [2.05, 4.69) is 5.32 Å². The van der Waals surface area contributed by atoms with Gasteiger partial charge in [-0.1, -0.05) is 11.6 Å². The largest absolute Gasteiger partial charge is 0.496 e. The van der Waals surface area contributed by atoms with Crippen molar-refractivity contribution < 1.29 is 19.0 Å². The Morgan fingerprint density at radius 3 is 2.96 bits per heavy atom. The average Bonchev–Trinajstić information content (AvgIpc) is 3.02. The summed E-state index contributed by atoms with van der Waals surface area (Å²) in [6.07, 6.45) is 1.85. The lowest BCUT2D eigenvalue weighted by Gasteiger charge is -2.12. The molecule has 0 spiro atoms. The fraction of sp³-hybridized carbons (Fsp3) is 0.533. The van der Waals surface area contributed by atoms with E-state index in [0.717, 1.165) is 19.4 Å². The van der Waals surface area contributed by atoms with Gasteiger partial charge in [-0.2, -0.15) is 0 Å². The maximum absolute atomic E-state index is 12.2. The number of hydrogen-bond acceptors (Lipinski definition) is 5. The zero-order valence-electron chi connectivity index (χ0n) is 13.0. The van der Waals surface area contributed by atoms with Crippen molar-refractivity contribution in [2.75, 3.05) is 39.2 Å². The third kappa shape index (κ3) is 5.73. The first-order valence-corrected chi connectivity index (χ1v) is 7.60. The topological polar surface area (TPSA) is 82.8 Å². The Labute approximate surface area is 147 Å². The molecule has 23 heavy (non-hydrogen) atoms. The van der Waals surface area contributed by atoms with Crippen LogP contribution in [-0.2, 0) is 9.47 Å². The van der Waals surface area contributed by atoms with Crippen molar-refractivity contribution in [3.05, 3.63) is 22.7 Å². The first kappa shape index (κ1) is 19.8. The Morgan fingerprint density at radius 2 is 2.30 bits per heavy atom. The van der Waals surface area contributed by atoms with Gasteiger partial charge in [-0.25, -0.2) is 0 Å². The van der Waals surface area contributed by atoms with Gasteiger partial charge in [-0.15, -0.1) is 12.4 Å². The molecule has 1 amide bonds. The second kappa shape index (κ2) is 9.82. The maximum atomic E-state index is 12.2. The normalized spacial score (nSPS) is 16.7. The van der Waals surface area contributed by atoms with E-state index in [9.17, 15) is 4.79 Å². The highest BCUT2D eigenvalue weighted by molar-refractivity contribution is 6.33. The SMILES string of the molecule is COc1cc(N)c(Cl)cc1C(=O)NCCCOC1CCOC1.Cl. The van der Waals surface area contributed by atoms with Crippen LogP contribution in [0.2, 0.25) is 5.02 Å². The van der Waals surface area contributed by atoms with E-state index in [4.69, 9.17) is 31.5 Å². The van der Waals surface area contributed by atoms with E-state index in [1.165, 1.54) is 13.2 Å². The first-order valence-electron chi connectivity index (χ1n) is 7.22. The number of halogens is 2. The van der Waals surface area contributed by atoms with Crippen LogP contribution < -0.4 is 15.8 Å². The number of amides is 1. The monoisotopic (exact) mass is 364 g/mol. The standard InChI is InChI=1S/C15H21ClN2O4.ClH/c1-20-14-8-13(17)12(16)7-11(14)15(19)18-4-2-5-22-10-3-6-21-9-10;/h7-8,10H,2-6,9,17H2,1H3,(H,18,19);1H. The lowest BCUT2D eigenvalue weighted by molar-refractivity contribution is 0.0415. The number of nitrogens with one attached hydrogen (secondary N) is 1. The van der Waals surface area contributed by atoms with Crippen LogP contribution in [0, 0.1) is 0 Å². The van der Waals surface area contributed by atoms with Crippen LogP contribution in [0.4, 0.5) is 5.69 Å². The van der Waals surface area contributed by atoms with Gasteiger partial charge in [0.05, 0.1) is 36.1 Å². The van der Waals surface area contributed by atoms with Crippen LogP contribution in [0.3, 0.4) is 0 Å². The zero-order chi connectivity index (χ0) is 15.9. The first-order chi connectivity index (χ1) is 10.6. The smallest absolute Gasteiger partial charge is 0.255 e. The molecule has 0 saturated carbocycles. The minimum Gasteiger partial charge on any atom is -0.496 e. The second-order valence-corrected chi connectivity index (χ2v) is 5.45. The molecule has 1 aromatic rings. The van der Waals surface area contributed by atoms with Gasteiger partial charge < -0.3 is 25.3 Å². The fourth-order valence-electron chi connectivity index (χ4n) is 2.18. The lowest BCUT2D eigenvalue weighted by atomic mass is 10.1. The molecule has 1 heterocycles. The van der Waals surface area contributed by atoms with E-state index in [-0.39, 0.29) is 24.4 Å². The highest BCUT2D eigenvalue weighted by Crippen LogP contribution is 2.28. The van der Waals surface area contributed by atoms with Gasteiger partial charge in [-0.3, -0.25) is 4.79 Å². The summed E-state index contributed by atoms with van der Waals surface area (Å²) in [6.45, 7) is 2.53. The molecule has 1 unspecified atom stereocenters. The highest BCUT2D eigenvalue weighted by atomic mass is 35.5. The Balaban J connectivity index is 0.00000264. The summed E-state index contributed by atoms with van der Waals surface area (Å²) in [4.78, 5) is 12.2. The third-order valence-corrected chi connectivity index (χ3v) is 3.74. The molecule has 0 radical (unpaired) electrons. The molecule has 8 heteroatoms. The van der Waals surface area contributed by atoms with Crippen LogP contribution in [0.25, 0.3) is 0 Å². The zero-order valence-corrected chi connectivity index (χ0v) is 14.5. The summed E-state index contributed by atoms with van der Waals surface area (Å²) in [5, 5.41) is 3.15. The molecule has 1 aliphatic rings. The maximum Gasteiger partial charge on any atom is 0.255 e. The van der Waals surface area contributed by atoms with Crippen LogP contribution in [0.15, 0.2) is 12.1 Å². The van der Waals surface area contributed by atoms with Crippen LogP contribution in [0.1, 0.15) is 23.2 Å². The van der Waals surface area contributed by atoms with Gasteiger partial charge in [-0.05, 0) is 18.9 Å². The van der Waals surface area contributed by atoms with E-state index < -0.39 is 0 Å². The minimum atomic E-state index is -0.247. The van der Waals surface area contributed by atoms with Gasteiger partial charge in [0.1, 0.15) is 5.75 Å². The molecule has 1 atom stereocenters. The van der Waals surface area contributed by atoms with E-state index in [0.29, 0.717) is 41.8 Å². The van der Waals surface area contributed by atoms with Gasteiger partial charge in [0, 0.05) is 25.8 Å². The lowest BCUT2D eigenvalue weighted by Crippen LogP contribution is -2.26. The third-order valence-electron chi connectivity index (χ3n) is 3.41. The van der Waals surface area contributed by atoms with Crippen LogP contribution in [0.5, 0.6) is 5.75 Å². The molecule has 6 nitrogen and oxygen atoms in total. The van der Waals surface area contributed by atoms with Crippen molar-refractivity contribution in [1.29, 1.82) is 0 Å². The number of carbonyl (C=O) groups excluding carboxylic acids is 1. The number of rotatable bonds is 7. The van der Waals surface area contributed by atoms with E-state index in [1.54, 1.807) is 6.07 Å². The quantitative estimate of drug-likeness (QED) is 0.572. The molecule has 0 aliphatic carbocycles. The van der Waals surface area contributed by atoms with E-state index >= 15 is 0 Å². The number of nitrogen functional groups attached to an aromatic ring is 1.